The largest absolute Gasteiger partial charge is 0.469 e. The smallest absolute Gasteiger partial charge is 0.425 e. The fourth-order valence-corrected chi connectivity index (χ4v) is 4.03. The summed E-state index contributed by atoms with van der Waals surface area (Å²) in [5, 5.41) is 3.06. The Morgan fingerprint density at radius 3 is 2.41 bits per heavy atom. The molecule has 4 atom stereocenters. The first-order valence-electron chi connectivity index (χ1n) is 9.00. The standard InChI is InChI=1S/C19H24N2O6/c1-4-8-13-15(17(22)25-2)16(18(23)26-3)21-19(24)27-11-14(20(13)21)12-9-6-5-7-10-12/h5-7,9-10,13-16H,4,8,11H2,1-3H3/t13-,14-,15-,16+/m0/s1. The van der Waals surface area contributed by atoms with E-state index in [1.807, 2.05) is 42.3 Å². The normalized spacial score (nSPS) is 27.7. The van der Waals surface area contributed by atoms with E-state index in [-0.39, 0.29) is 18.7 Å². The summed E-state index contributed by atoms with van der Waals surface area (Å²) in [5.74, 6) is -2.06. The number of amides is 1. The number of benzene rings is 1. The van der Waals surface area contributed by atoms with E-state index in [4.69, 9.17) is 14.2 Å². The topological polar surface area (TPSA) is 85.4 Å². The summed E-state index contributed by atoms with van der Waals surface area (Å²) in [6, 6.07) is 7.77. The number of carbonyl (C=O) groups excluding carboxylic acids is 3. The minimum atomic E-state index is -1.11. The molecule has 8 heteroatoms. The average Bonchev–Trinajstić information content (AvgIpc) is 3.04. The third-order valence-electron chi connectivity index (χ3n) is 5.16. The van der Waals surface area contributed by atoms with Gasteiger partial charge in [0, 0.05) is 6.04 Å². The molecule has 0 aromatic heterocycles. The van der Waals surface area contributed by atoms with Gasteiger partial charge in [0.25, 0.3) is 0 Å². The third-order valence-corrected chi connectivity index (χ3v) is 5.16. The number of cyclic esters (lactones) is 1. The molecule has 27 heavy (non-hydrogen) atoms. The van der Waals surface area contributed by atoms with Gasteiger partial charge in [0.2, 0.25) is 0 Å². The summed E-state index contributed by atoms with van der Waals surface area (Å²) in [6.45, 7) is 2.13. The van der Waals surface area contributed by atoms with Crippen molar-refractivity contribution in [3.05, 3.63) is 35.9 Å². The molecule has 0 radical (unpaired) electrons. The first-order valence-corrected chi connectivity index (χ1v) is 9.00. The Kier molecular flexibility index (Phi) is 5.65. The summed E-state index contributed by atoms with van der Waals surface area (Å²) in [5.41, 5.74) is 0.935. The second kappa shape index (κ2) is 7.96. The van der Waals surface area contributed by atoms with Gasteiger partial charge in [-0.25, -0.2) is 19.6 Å². The van der Waals surface area contributed by atoms with Crippen LogP contribution in [0, 0.1) is 5.92 Å². The molecule has 2 aliphatic rings. The highest BCUT2D eigenvalue weighted by atomic mass is 16.6. The van der Waals surface area contributed by atoms with Crippen LogP contribution < -0.4 is 0 Å². The number of hydrogen-bond donors (Lipinski definition) is 0. The highest BCUT2D eigenvalue weighted by Gasteiger charge is 2.60. The van der Waals surface area contributed by atoms with Gasteiger partial charge in [-0.1, -0.05) is 43.7 Å². The number of methoxy groups -OCH3 is 2. The zero-order valence-electron chi connectivity index (χ0n) is 15.7. The van der Waals surface area contributed by atoms with E-state index in [0.29, 0.717) is 6.42 Å². The molecule has 1 amide bonds. The van der Waals surface area contributed by atoms with E-state index in [1.165, 1.54) is 19.2 Å². The van der Waals surface area contributed by atoms with Crippen molar-refractivity contribution in [1.29, 1.82) is 0 Å². The maximum absolute atomic E-state index is 12.6. The number of carbonyl (C=O) groups is 3. The van der Waals surface area contributed by atoms with Gasteiger partial charge < -0.3 is 14.2 Å². The number of hydrazine groups is 1. The van der Waals surface area contributed by atoms with Crippen LogP contribution in [0.4, 0.5) is 4.79 Å². The second-order valence-corrected chi connectivity index (χ2v) is 6.60. The summed E-state index contributed by atoms with van der Waals surface area (Å²) >= 11 is 0. The molecule has 0 saturated carbocycles. The molecule has 146 valence electrons. The van der Waals surface area contributed by atoms with Crippen LogP contribution in [-0.4, -0.2) is 61.0 Å². The molecule has 2 saturated heterocycles. The number of ether oxygens (including phenoxy) is 3. The zero-order valence-corrected chi connectivity index (χ0v) is 15.7. The van der Waals surface area contributed by atoms with E-state index in [1.54, 1.807) is 0 Å². The van der Waals surface area contributed by atoms with E-state index in [9.17, 15) is 14.4 Å². The fourth-order valence-electron chi connectivity index (χ4n) is 4.03. The molecular formula is C19H24N2O6. The van der Waals surface area contributed by atoms with Crippen molar-refractivity contribution < 1.29 is 28.6 Å². The first kappa shape index (κ1) is 19.2. The van der Waals surface area contributed by atoms with E-state index < -0.39 is 30.0 Å². The van der Waals surface area contributed by atoms with E-state index >= 15 is 0 Å². The third kappa shape index (κ3) is 3.25. The summed E-state index contributed by atoms with van der Waals surface area (Å²) in [4.78, 5) is 37.7. The molecule has 3 rings (SSSR count). The Bertz CT molecular complexity index is 709. The van der Waals surface area contributed by atoms with Gasteiger partial charge >= 0.3 is 18.0 Å². The second-order valence-electron chi connectivity index (χ2n) is 6.60. The lowest BCUT2D eigenvalue weighted by Crippen LogP contribution is -2.56. The Labute approximate surface area is 157 Å². The van der Waals surface area contributed by atoms with Crippen LogP contribution in [0.2, 0.25) is 0 Å². The number of rotatable bonds is 5. The van der Waals surface area contributed by atoms with Gasteiger partial charge in [0.1, 0.15) is 12.5 Å². The Balaban J connectivity index is 2.11. The predicted molar refractivity (Wildman–Crippen MR) is 94.2 cm³/mol. The predicted octanol–water partition coefficient (Wildman–Crippen LogP) is 1.91. The lowest BCUT2D eigenvalue weighted by molar-refractivity contribution is -0.159. The number of esters is 2. The van der Waals surface area contributed by atoms with Crippen LogP contribution in [0.25, 0.3) is 0 Å². The molecule has 0 bridgehead atoms. The van der Waals surface area contributed by atoms with Gasteiger partial charge in [-0.05, 0) is 12.0 Å². The molecule has 0 N–H and O–H groups in total. The molecule has 0 unspecified atom stereocenters. The zero-order chi connectivity index (χ0) is 19.6. The fraction of sp³-hybridized carbons (Fsp3) is 0.526. The Hall–Kier alpha value is -2.61. The van der Waals surface area contributed by atoms with Crippen molar-refractivity contribution in [2.45, 2.75) is 37.9 Å². The van der Waals surface area contributed by atoms with Crippen LogP contribution in [0.5, 0.6) is 0 Å². The van der Waals surface area contributed by atoms with Crippen LogP contribution in [0.15, 0.2) is 30.3 Å². The van der Waals surface area contributed by atoms with Crippen LogP contribution in [0.1, 0.15) is 31.4 Å². The SMILES string of the molecule is CCC[C@H]1[C@H](C(=O)OC)[C@H](C(=O)OC)N2C(=O)OC[C@@H](c3ccccc3)N12. The Morgan fingerprint density at radius 1 is 1.15 bits per heavy atom. The summed E-state index contributed by atoms with van der Waals surface area (Å²) in [7, 11) is 2.51. The lowest BCUT2D eigenvalue weighted by Gasteiger charge is -2.42. The van der Waals surface area contributed by atoms with Crippen molar-refractivity contribution in [3.63, 3.8) is 0 Å². The quantitative estimate of drug-likeness (QED) is 0.573. The van der Waals surface area contributed by atoms with Gasteiger partial charge in [-0.2, -0.15) is 0 Å². The summed E-state index contributed by atoms with van der Waals surface area (Å²) < 4.78 is 15.2. The molecule has 0 spiro atoms. The highest BCUT2D eigenvalue weighted by molar-refractivity contribution is 5.89. The molecule has 8 nitrogen and oxygen atoms in total. The van der Waals surface area contributed by atoms with Gasteiger partial charge in [-0.15, -0.1) is 0 Å². The van der Waals surface area contributed by atoms with E-state index in [2.05, 4.69) is 0 Å². The molecule has 2 fully saturated rings. The maximum Gasteiger partial charge on any atom is 0.425 e. The minimum Gasteiger partial charge on any atom is -0.469 e. The van der Waals surface area contributed by atoms with Crippen molar-refractivity contribution in [1.82, 2.24) is 10.0 Å². The van der Waals surface area contributed by atoms with Crippen molar-refractivity contribution >= 4 is 18.0 Å². The number of nitrogens with zero attached hydrogens (tertiary/aromatic N) is 2. The van der Waals surface area contributed by atoms with Crippen molar-refractivity contribution in [2.24, 2.45) is 5.92 Å². The molecule has 1 aromatic rings. The van der Waals surface area contributed by atoms with Gasteiger partial charge in [-0.3, -0.25) is 4.79 Å². The molecule has 2 heterocycles. The van der Waals surface area contributed by atoms with Crippen LogP contribution in [0.3, 0.4) is 0 Å². The van der Waals surface area contributed by atoms with Crippen molar-refractivity contribution in [3.8, 4) is 0 Å². The summed E-state index contributed by atoms with van der Waals surface area (Å²) in [6.07, 6.45) is 0.720. The molecular weight excluding hydrogens is 352 g/mol. The van der Waals surface area contributed by atoms with Gasteiger partial charge in [0.15, 0.2) is 6.04 Å². The van der Waals surface area contributed by atoms with Crippen LogP contribution in [-0.2, 0) is 23.8 Å². The van der Waals surface area contributed by atoms with Crippen LogP contribution >= 0.6 is 0 Å². The maximum atomic E-state index is 12.6. The average molecular weight is 376 g/mol. The monoisotopic (exact) mass is 376 g/mol. The minimum absolute atomic E-state index is 0.140. The molecule has 0 aliphatic carbocycles. The number of fused-ring (bicyclic) bond motifs is 1. The molecule has 1 aromatic carbocycles. The highest BCUT2D eigenvalue weighted by Crippen LogP contribution is 2.43. The lowest BCUT2D eigenvalue weighted by atomic mass is 9.90. The Morgan fingerprint density at radius 2 is 1.81 bits per heavy atom. The van der Waals surface area contributed by atoms with Gasteiger partial charge in [0.05, 0.1) is 20.3 Å². The first-order chi connectivity index (χ1) is 13.0. The molecule has 2 aliphatic heterocycles. The van der Waals surface area contributed by atoms with E-state index in [0.717, 1.165) is 12.0 Å². The van der Waals surface area contributed by atoms with Crippen molar-refractivity contribution in [2.75, 3.05) is 20.8 Å². The number of hydrogen-bond acceptors (Lipinski definition) is 7.